The van der Waals surface area contributed by atoms with E-state index in [1.54, 1.807) is 0 Å². The third kappa shape index (κ3) is 3.12. The number of benzene rings is 1. The molecule has 0 spiro atoms. The fourth-order valence-electron chi connectivity index (χ4n) is 1.44. The highest BCUT2D eigenvalue weighted by Gasteiger charge is 2.08. The summed E-state index contributed by atoms with van der Waals surface area (Å²) in [6.45, 7) is 3.92. The van der Waals surface area contributed by atoms with Crippen LogP contribution in [0.3, 0.4) is 0 Å². The zero-order chi connectivity index (χ0) is 10.8. The van der Waals surface area contributed by atoms with Gasteiger partial charge in [-0.15, -0.1) is 0 Å². The number of aryl methyl sites for hydroxylation is 2. The summed E-state index contributed by atoms with van der Waals surface area (Å²) in [5.41, 5.74) is 3.01. The Hall–Kier alpha value is -0.870. The van der Waals surface area contributed by atoms with E-state index in [1.807, 2.05) is 32.0 Å². The van der Waals surface area contributed by atoms with E-state index >= 15 is 0 Å². The van der Waals surface area contributed by atoms with E-state index < -0.39 is 10.0 Å². The van der Waals surface area contributed by atoms with Crippen LogP contribution < -0.4 is 4.72 Å². The summed E-state index contributed by atoms with van der Waals surface area (Å²) in [6, 6.07) is 5.80. The number of rotatable bonds is 3. The summed E-state index contributed by atoms with van der Waals surface area (Å²) in [5.74, 6) is 0.0476. The lowest BCUT2D eigenvalue weighted by Gasteiger charge is -2.05. The van der Waals surface area contributed by atoms with Gasteiger partial charge in [0.1, 0.15) is 0 Å². The van der Waals surface area contributed by atoms with Crippen molar-refractivity contribution in [1.29, 1.82) is 0 Å². The lowest BCUT2D eigenvalue weighted by atomic mass is 10.1. The fraction of sp³-hybridized carbons (Fsp3) is 0.400. The molecule has 0 radical (unpaired) electrons. The first-order valence-electron chi connectivity index (χ1n) is 4.41. The second kappa shape index (κ2) is 4.11. The number of hydrogen-bond donors (Lipinski definition) is 1. The van der Waals surface area contributed by atoms with Gasteiger partial charge in [-0.1, -0.05) is 29.3 Å². The van der Waals surface area contributed by atoms with Crippen LogP contribution in [0, 0.1) is 13.8 Å². The first-order chi connectivity index (χ1) is 6.43. The van der Waals surface area contributed by atoms with Crippen molar-refractivity contribution in [2.45, 2.75) is 19.6 Å². The predicted molar refractivity (Wildman–Crippen MR) is 57.6 cm³/mol. The van der Waals surface area contributed by atoms with E-state index in [1.165, 1.54) is 7.05 Å². The lowest BCUT2D eigenvalue weighted by Crippen LogP contribution is -2.20. The number of nitrogens with one attached hydrogen (secondary N) is 1. The number of hydrogen-bond acceptors (Lipinski definition) is 2. The maximum atomic E-state index is 11.3. The molecule has 1 aromatic carbocycles. The topological polar surface area (TPSA) is 46.2 Å². The van der Waals surface area contributed by atoms with Gasteiger partial charge in [-0.3, -0.25) is 0 Å². The molecule has 0 heterocycles. The zero-order valence-electron chi connectivity index (χ0n) is 8.66. The Labute approximate surface area is 85.2 Å². The minimum absolute atomic E-state index is 0.0476. The highest BCUT2D eigenvalue weighted by molar-refractivity contribution is 7.88. The predicted octanol–water partition coefficient (Wildman–Crippen LogP) is 1.35. The summed E-state index contributed by atoms with van der Waals surface area (Å²) in [5, 5.41) is 0. The highest BCUT2D eigenvalue weighted by atomic mass is 32.2. The van der Waals surface area contributed by atoms with Crippen LogP contribution >= 0.6 is 0 Å². The Balaban J connectivity index is 2.98. The largest absolute Gasteiger partial charge is 0.218 e. The van der Waals surface area contributed by atoms with Gasteiger partial charge < -0.3 is 0 Å². The van der Waals surface area contributed by atoms with Crippen LogP contribution in [-0.2, 0) is 15.8 Å². The van der Waals surface area contributed by atoms with Crippen LogP contribution in [0.25, 0.3) is 0 Å². The molecule has 14 heavy (non-hydrogen) atoms. The molecule has 0 aromatic heterocycles. The molecule has 4 heteroatoms. The molecular weight excluding hydrogens is 198 g/mol. The first kappa shape index (κ1) is 11.2. The summed E-state index contributed by atoms with van der Waals surface area (Å²) in [4.78, 5) is 0. The van der Waals surface area contributed by atoms with Gasteiger partial charge in [0.2, 0.25) is 10.0 Å². The maximum absolute atomic E-state index is 11.3. The Morgan fingerprint density at radius 3 is 2.07 bits per heavy atom. The van der Waals surface area contributed by atoms with Gasteiger partial charge in [0.15, 0.2) is 0 Å². The van der Waals surface area contributed by atoms with E-state index in [9.17, 15) is 8.42 Å². The van der Waals surface area contributed by atoms with Gasteiger partial charge >= 0.3 is 0 Å². The van der Waals surface area contributed by atoms with Gasteiger partial charge in [0, 0.05) is 0 Å². The molecule has 0 atom stereocenters. The zero-order valence-corrected chi connectivity index (χ0v) is 9.48. The standard InChI is InChI=1S/C10H15NO2S/c1-8-4-9(2)6-10(5-8)7-14(12,13)11-3/h4-6,11H,7H2,1-3H3. The molecule has 0 aliphatic rings. The molecule has 1 rings (SSSR count). The van der Waals surface area contributed by atoms with Crippen molar-refractivity contribution in [3.05, 3.63) is 34.9 Å². The molecular formula is C10H15NO2S. The molecule has 0 fully saturated rings. The second-order valence-corrected chi connectivity index (χ2v) is 5.39. The van der Waals surface area contributed by atoms with Crippen LogP contribution in [0.5, 0.6) is 0 Å². The average Bonchev–Trinajstić information content (AvgIpc) is 2.01. The van der Waals surface area contributed by atoms with Gasteiger partial charge in [-0.05, 0) is 26.5 Å². The van der Waals surface area contributed by atoms with Crippen molar-refractivity contribution in [1.82, 2.24) is 4.72 Å². The lowest BCUT2D eigenvalue weighted by molar-refractivity contribution is 0.587. The Kier molecular flexibility index (Phi) is 3.29. The van der Waals surface area contributed by atoms with Crippen molar-refractivity contribution in [2.24, 2.45) is 0 Å². The van der Waals surface area contributed by atoms with Crippen LogP contribution in [0.4, 0.5) is 0 Å². The van der Waals surface area contributed by atoms with Crippen LogP contribution in [0.15, 0.2) is 18.2 Å². The maximum Gasteiger partial charge on any atom is 0.215 e. The SMILES string of the molecule is CNS(=O)(=O)Cc1cc(C)cc(C)c1. The molecule has 0 aliphatic heterocycles. The highest BCUT2D eigenvalue weighted by Crippen LogP contribution is 2.11. The number of sulfonamides is 1. The van der Waals surface area contributed by atoms with Crippen molar-refractivity contribution >= 4 is 10.0 Å². The summed E-state index contributed by atoms with van der Waals surface area (Å²) >= 11 is 0. The van der Waals surface area contributed by atoms with Gasteiger partial charge in [-0.2, -0.15) is 0 Å². The first-order valence-corrected chi connectivity index (χ1v) is 6.06. The van der Waals surface area contributed by atoms with Crippen molar-refractivity contribution in [3.8, 4) is 0 Å². The monoisotopic (exact) mass is 213 g/mol. The van der Waals surface area contributed by atoms with Crippen molar-refractivity contribution in [3.63, 3.8) is 0 Å². The molecule has 1 N–H and O–H groups in total. The van der Waals surface area contributed by atoms with Crippen molar-refractivity contribution in [2.75, 3.05) is 7.05 Å². The Morgan fingerprint density at radius 1 is 1.14 bits per heavy atom. The third-order valence-corrected chi connectivity index (χ3v) is 3.28. The average molecular weight is 213 g/mol. The Bertz CT molecular complexity index is 403. The summed E-state index contributed by atoms with van der Waals surface area (Å²) < 4.78 is 24.9. The van der Waals surface area contributed by atoms with Gasteiger partial charge in [0.25, 0.3) is 0 Å². The van der Waals surface area contributed by atoms with E-state index in [4.69, 9.17) is 0 Å². The fourth-order valence-corrected chi connectivity index (χ4v) is 2.19. The van der Waals surface area contributed by atoms with E-state index in [0.717, 1.165) is 16.7 Å². The van der Waals surface area contributed by atoms with Crippen molar-refractivity contribution < 1.29 is 8.42 Å². The summed E-state index contributed by atoms with van der Waals surface area (Å²) in [7, 11) is -1.73. The van der Waals surface area contributed by atoms with E-state index in [2.05, 4.69) is 4.72 Å². The van der Waals surface area contributed by atoms with Crippen LogP contribution in [-0.4, -0.2) is 15.5 Å². The third-order valence-electron chi connectivity index (χ3n) is 1.95. The van der Waals surface area contributed by atoms with E-state index in [0.29, 0.717) is 0 Å². The summed E-state index contributed by atoms with van der Waals surface area (Å²) in [6.07, 6.45) is 0. The molecule has 0 amide bonds. The molecule has 0 bridgehead atoms. The quantitative estimate of drug-likeness (QED) is 0.824. The molecule has 0 saturated heterocycles. The minimum Gasteiger partial charge on any atom is -0.218 e. The smallest absolute Gasteiger partial charge is 0.215 e. The molecule has 3 nitrogen and oxygen atoms in total. The molecule has 0 saturated carbocycles. The molecule has 0 unspecified atom stereocenters. The van der Waals surface area contributed by atoms with Gasteiger partial charge in [-0.25, -0.2) is 13.1 Å². The second-order valence-electron chi connectivity index (χ2n) is 3.46. The molecule has 1 aromatic rings. The van der Waals surface area contributed by atoms with E-state index in [-0.39, 0.29) is 5.75 Å². The normalized spacial score (nSPS) is 11.6. The molecule has 0 aliphatic carbocycles. The minimum atomic E-state index is -3.16. The van der Waals surface area contributed by atoms with Crippen LogP contribution in [0.2, 0.25) is 0 Å². The van der Waals surface area contributed by atoms with Gasteiger partial charge in [0.05, 0.1) is 5.75 Å². The van der Waals surface area contributed by atoms with Crippen LogP contribution in [0.1, 0.15) is 16.7 Å². The Morgan fingerprint density at radius 2 is 1.64 bits per heavy atom. The molecule has 78 valence electrons.